The molecule has 0 amide bonds. The van der Waals surface area contributed by atoms with Crippen molar-refractivity contribution < 1.29 is 4.92 Å². The summed E-state index contributed by atoms with van der Waals surface area (Å²) in [7, 11) is 3.72. The average molecular weight is 251 g/mol. The van der Waals surface area contributed by atoms with E-state index in [4.69, 9.17) is 0 Å². The van der Waals surface area contributed by atoms with Gasteiger partial charge in [0.15, 0.2) is 0 Å². The zero-order valence-corrected chi connectivity index (χ0v) is 11.7. The molecule has 0 fully saturated rings. The Kier molecular flexibility index (Phi) is 4.16. The summed E-state index contributed by atoms with van der Waals surface area (Å²) in [4.78, 5) is 12.6. The van der Waals surface area contributed by atoms with Gasteiger partial charge in [0.25, 0.3) is 5.69 Å². The van der Waals surface area contributed by atoms with Crippen LogP contribution >= 0.6 is 0 Å². The van der Waals surface area contributed by atoms with Crippen LogP contribution in [0.2, 0.25) is 0 Å². The summed E-state index contributed by atoms with van der Waals surface area (Å²) in [5, 5.41) is 13.9. The highest BCUT2D eigenvalue weighted by Gasteiger charge is 2.23. The molecule has 1 aromatic rings. The van der Waals surface area contributed by atoms with Gasteiger partial charge in [-0.15, -0.1) is 0 Å². The Bertz CT molecular complexity index is 444. The highest BCUT2D eigenvalue weighted by molar-refractivity contribution is 5.64. The number of anilines is 2. The summed E-state index contributed by atoms with van der Waals surface area (Å²) in [6, 6.07) is 5.07. The van der Waals surface area contributed by atoms with Crippen molar-refractivity contribution in [2.75, 3.05) is 24.3 Å². The number of nitrogens with one attached hydrogen (secondary N) is 1. The van der Waals surface area contributed by atoms with Crippen LogP contribution in [-0.2, 0) is 0 Å². The first-order valence-corrected chi connectivity index (χ1v) is 6.03. The van der Waals surface area contributed by atoms with Crippen LogP contribution < -0.4 is 10.2 Å². The lowest BCUT2D eigenvalue weighted by molar-refractivity contribution is -0.384. The van der Waals surface area contributed by atoms with Gasteiger partial charge in [-0.1, -0.05) is 6.92 Å². The largest absolute Gasteiger partial charge is 0.388 e. The van der Waals surface area contributed by atoms with Gasteiger partial charge in [0.2, 0.25) is 0 Å². The van der Waals surface area contributed by atoms with Gasteiger partial charge in [0.1, 0.15) is 0 Å². The minimum Gasteiger partial charge on any atom is -0.388 e. The van der Waals surface area contributed by atoms with E-state index in [1.807, 2.05) is 13.1 Å². The predicted octanol–water partition coefficient (Wildman–Crippen LogP) is 3.26. The highest BCUT2D eigenvalue weighted by Crippen LogP contribution is 2.31. The highest BCUT2D eigenvalue weighted by atomic mass is 16.6. The van der Waals surface area contributed by atoms with Gasteiger partial charge in [-0.25, -0.2) is 0 Å². The molecule has 0 spiro atoms. The van der Waals surface area contributed by atoms with Crippen LogP contribution in [-0.4, -0.2) is 24.6 Å². The van der Waals surface area contributed by atoms with Gasteiger partial charge in [0, 0.05) is 43.1 Å². The van der Waals surface area contributed by atoms with Crippen molar-refractivity contribution in [3.05, 3.63) is 28.3 Å². The fourth-order valence-corrected chi connectivity index (χ4v) is 1.63. The number of rotatable bonds is 5. The number of non-ortho nitro benzene ring substituents is 1. The fourth-order valence-electron chi connectivity index (χ4n) is 1.63. The maximum absolute atomic E-state index is 10.9. The summed E-state index contributed by atoms with van der Waals surface area (Å²) in [5.41, 5.74) is 1.66. The molecule has 0 saturated carbocycles. The summed E-state index contributed by atoms with van der Waals surface area (Å²) in [5.74, 6) is 0. The van der Waals surface area contributed by atoms with Crippen LogP contribution in [0.25, 0.3) is 0 Å². The van der Waals surface area contributed by atoms with E-state index >= 15 is 0 Å². The molecule has 100 valence electrons. The normalized spacial score (nSPS) is 11.2. The van der Waals surface area contributed by atoms with Crippen molar-refractivity contribution in [2.24, 2.45) is 0 Å². The molecule has 0 atom stereocenters. The van der Waals surface area contributed by atoms with Crippen molar-refractivity contribution in [2.45, 2.75) is 32.7 Å². The van der Waals surface area contributed by atoms with Crippen LogP contribution in [0.3, 0.4) is 0 Å². The molecule has 0 aliphatic heterocycles. The van der Waals surface area contributed by atoms with Crippen molar-refractivity contribution >= 4 is 17.1 Å². The van der Waals surface area contributed by atoms with E-state index < -0.39 is 0 Å². The summed E-state index contributed by atoms with van der Waals surface area (Å²) in [6.45, 7) is 6.34. The second-order valence-electron chi connectivity index (χ2n) is 4.97. The number of hydrogen-bond acceptors (Lipinski definition) is 4. The standard InChI is InChI=1S/C13H21N3O2/c1-6-13(2,3)15(5)11-7-10(14-4)8-12(9-11)16(17)18/h7-9,14H,6H2,1-5H3. The molecule has 0 bridgehead atoms. The van der Waals surface area contributed by atoms with Crippen molar-refractivity contribution in [3.8, 4) is 0 Å². The second kappa shape index (κ2) is 5.25. The molecule has 1 aromatic carbocycles. The van der Waals surface area contributed by atoms with Crippen LogP contribution in [0.5, 0.6) is 0 Å². The van der Waals surface area contributed by atoms with E-state index in [-0.39, 0.29) is 16.1 Å². The minimum atomic E-state index is -0.364. The van der Waals surface area contributed by atoms with Crippen LogP contribution in [0.15, 0.2) is 18.2 Å². The molecule has 0 aromatic heterocycles. The number of nitro groups is 1. The Balaban J connectivity index is 3.23. The number of nitro benzene ring substituents is 1. The number of benzene rings is 1. The molecule has 18 heavy (non-hydrogen) atoms. The number of nitrogens with zero attached hydrogens (tertiary/aromatic N) is 2. The third kappa shape index (κ3) is 2.91. The van der Waals surface area contributed by atoms with Crippen LogP contribution in [0.1, 0.15) is 27.2 Å². The van der Waals surface area contributed by atoms with Crippen LogP contribution in [0, 0.1) is 10.1 Å². The van der Waals surface area contributed by atoms with Crippen molar-refractivity contribution in [1.29, 1.82) is 0 Å². The zero-order chi connectivity index (χ0) is 13.9. The predicted molar refractivity (Wildman–Crippen MR) is 75.4 cm³/mol. The van der Waals surface area contributed by atoms with E-state index in [2.05, 4.69) is 31.0 Å². The van der Waals surface area contributed by atoms with E-state index in [0.29, 0.717) is 0 Å². The van der Waals surface area contributed by atoms with Gasteiger partial charge in [-0.05, 0) is 26.3 Å². The zero-order valence-electron chi connectivity index (χ0n) is 11.7. The lowest BCUT2D eigenvalue weighted by Gasteiger charge is -2.36. The SMILES string of the molecule is CCC(C)(C)N(C)c1cc(NC)cc([N+](=O)[O-])c1. The average Bonchev–Trinajstić information content (AvgIpc) is 2.36. The van der Waals surface area contributed by atoms with Gasteiger partial charge in [-0.3, -0.25) is 10.1 Å². The van der Waals surface area contributed by atoms with Crippen LogP contribution in [0.4, 0.5) is 17.1 Å². The molecule has 5 nitrogen and oxygen atoms in total. The molecule has 0 aliphatic carbocycles. The first-order chi connectivity index (χ1) is 8.31. The van der Waals surface area contributed by atoms with E-state index in [9.17, 15) is 10.1 Å². The number of hydrogen-bond donors (Lipinski definition) is 1. The Morgan fingerprint density at radius 1 is 1.39 bits per heavy atom. The van der Waals surface area contributed by atoms with E-state index in [1.54, 1.807) is 13.1 Å². The van der Waals surface area contributed by atoms with E-state index in [1.165, 1.54) is 6.07 Å². The van der Waals surface area contributed by atoms with E-state index in [0.717, 1.165) is 17.8 Å². The molecule has 0 unspecified atom stereocenters. The maximum Gasteiger partial charge on any atom is 0.273 e. The minimum absolute atomic E-state index is 0.0414. The summed E-state index contributed by atoms with van der Waals surface area (Å²) < 4.78 is 0. The first-order valence-electron chi connectivity index (χ1n) is 6.03. The quantitative estimate of drug-likeness (QED) is 0.644. The lowest BCUT2D eigenvalue weighted by Crippen LogP contribution is -2.40. The molecule has 0 saturated heterocycles. The molecular weight excluding hydrogens is 230 g/mol. The Labute approximate surface area is 108 Å². The fraction of sp³-hybridized carbons (Fsp3) is 0.538. The Hall–Kier alpha value is -1.78. The molecular formula is C13H21N3O2. The summed E-state index contributed by atoms with van der Waals surface area (Å²) in [6.07, 6.45) is 0.959. The molecule has 1 rings (SSSR count). The smallest absolute Gasteiger partial charge is 0.273 e. The van der Waals surface area contributed by atoms with Crippen molar-refractivity contribution in [3.63, 3.8) is 0 Å². The third-order valence-corrected chi connectivity index (χ3v) is 3.56. The van der Waals surface area contributed by atoms with Gasteiger partial charge in [0.05, 0.1) is 4.92 Å². The Morgan fingerprint density at radius 3 is 2.44 bits per heavy atom. The maximum atomic E-state index is 10.9. The second-order valence-corrected chi connectivity index (χ2v) is 4.97. The third-order valence-electron chi connectivity index (χ3n) is 3.56. The Morgan fingerprint density at radius 2 is 2.00 bits per heavy atom. The van der Waals surface area contributed by atoms with Gasteiger partial charge in [-0.2, -0.15) is 0 Å². The molecule has 5 heteroatoms. The monoisotopic (exact) mass is 251 g/mol. The first kappa shape index (κ1) is 14.3. The van der Waals surface area contributed by atoms with Gasteiger partial charge >= 0.3 is 0 Å². The molecule has 0 radical (unpaired) electrons. The van der Waals surface area contributed by atoms with Crippen molar-refractivity contribution in [1.82, 2.24) is 0 Å². The lowest BCUT2D eigenvalue weighted by atomic mass is 9.99. The summed E-state index contributed by atoms with van der Waals surface area (Å²) >= 11 is 0. The topological polar surface area (TPSA) is 58.4 Å². The molecule has 0 heterocycles. The molecule has 0 aliphatic rings. The molecule has 1 N–H and O–H groups in total. The van der Waals surface area contributed by atoms with Gasteiger partial charge < -0.3 is 10.2 Å².